The number of aryl methyl sites for hydroxylation is 1. The lowest BCUT2D eigenvalue weighted by Crippen LogP contribution is -2.36. The van der Waals surface area contributed by atoms with Gasteiger partial charge in [0.15, 0.2) is 0 Å². The molecule has 4 rings (SSSR count). The first-order valence-electron chi connectivity index (χ1n) is 12.9. The molecular weight excluding hydrogens is 464 g/mol. The third-order valence-electron chi connectivity index (χ3n) is 6.86. The molecule has 1 fully saturated rings. The first kappa shape index (κ1) is 26.2. The minimum Gasteiger partial charge on any atom is -0.378 e. The van der Waals surface area contributed by atoms with Gasteiger partial charge in [0.1, 0.15) is 0 Å². The minimum atomic E-state index is -0.218. The molecule has 1 aliphatic rings. The van der Waals surface area contributed by atoms with E-state index in [1.165, 1.54) is 0 Å². The molecule has 1 heterocycles. The van der Waals surface area contributed by atoms with Gasteiger partial charge in [-0.15, -0.1) is 0 Å². The van der Waals surface area contributed by atoms with E-state index in [4.69, 9.17) is 4.74 Å². The Kier molecular flexibility index (Phi) is 8.46. The van der Waals surface area contributed by atoms with Gasteiger partial charge in [0.25, 0.3) is 11.8 Å². The molecular formula is C30H36N4O3. The number of morpholine rings is 1. The molecule has 37 heavy (non-hydrogen) atoms. The molecule has 194 valence electrons. The maximum Gasteiger partial charge on any atom is 0.258 e. The quantitative estimate of drug-likeness (QED) is 0.460. The monoisotopic (exact) mass is 500 g/mol. The molecule has 7 heteroatoms. The van der Waals surface area contributed by atoms with E-state index in [-0.39, 0.29) is 11.8 Å². The number of anilines is 4. The molecule has 0 saturated carbocycles. The van der Waals surface area contributed by atoms with E-state index in [0.29, 0.717) is 30.0 Å². The molecule has 1 saturated heterocycles. The zero-order chi connectivity index (χ0) is 26.4. The summed E-state index contributed by atoms with van der Waals surface area (Å²) < 4.78 is 5.44. The van der Waals surface area contributed by atoms with Gasteiger partial charge in [0.05, 0.1) is 13.2 Å². The smallest absolute Gasteiger partial charge is 0.258 e. The van der Waals surface area contributed by atoms with Crippen molar-refractivity contribution in [2.45, 2.75) is 20.8 Å². The van der Waals surface area contributed by atoms with Crippen LogP contribution in [0.5, 0.6) is 0 Å². The Labute approximate surface area is 219 Å². The zero-order valence-electron chi connectivity index (χ0n) is 22.2. The van der Waals surface area contributed by atoms with Gasteiger partial charge in [-0.2, -0.15) is 0 Å². The van der Waals surface area contributed by atoms with Crippen LogP contribution >= 0.6 is 0 Å². The molecule has 2 amide bonds. The molecule has 3 aromatic carbocycles. The van der Waals surface area contributed by atoms with Gasteiger partial charge in [0, 0.05) is 67.1 Å². The molecule has 3 aromatic rings. The highest BCUT2D eigenvalue weighted by Crippen LogP contribution is 2.25. The highest BCUT2D eigenvalue weighted by molar-refractivity contribution is 6.08. The van der Waals surface area contributed by atoms with Crippen LogP contribution in [-0.4, -0.2) is 58.3 Å². The lowest BCUT2D eigenvalue weighted by atomic mass is 10.1. The fourth-order valence-corrected chi connectivity index (χ4v) is 4.62. The summed E-state index contributed by atoms with van der Waals surface area (Å²) in [6.45, 7) is 11.1. The number of amides is 2. The highest BCUT2D eigenvalue weighted by Gasteiger charge is 2.18. The third kappa shape index (κ3) is 6.12. The Morgan fingerprint density at radius 2 is 1.59 bits per heavy atom. The summed E-state index contributed by atoms with van der Waals surface area (Å²) in [6.07, 6.45) is 0. The SMILES string of the molecule is CCN(CC)c1ccc(C(=O)N(C)c2cc(C(=O)Nc3cccc(N4CCOCC4)c3)ccc2C)cc1. The Hall–Kier alpha value is -3.84. The van der Waals surface area contributed by atoms with E-state index in [2.05, 4.69) is 29.0 Å². The maximum absolute atomic E-state index is 13.3. The lowest BCUT2D eigenvalue weighted by molar-refractivity contribution is 0.0989. The van der Waals surface area contributed by atoms with Crippen LogP contribution in [0.1, 0.15) is 40.1 Å². The van der Waals surface area contributed by atoms with Gasteiger partial charge in [-0.3, -0.25) is 9.59 Å². The van der Waals surface area contributed by atoms with Crippen molar-refractivity contribution in [2.24, 2.45) is 0 Å². The van der Waals surface area contributed by atoms with Crippen LogP contribution in [0.15, 0.2) is 66.7 Å². The average Bonchev–Trinajstić information content (AvgIpc) is 2.94. The van der Waals surface area contributed by atoms with Gasteiger partial charge in [0.2, 0.25) is 0 Å². The van der Waals surface area contributed by atoms with Crippen LogP contribution in [0.4, 0.5) is 22.7 Å². The van der Waals surface area contributed by atoms with E-state index in [1.54, 1.807) is 24.1 Å². The number of hydrogen-bond acceptors (Lipinski definition) is 5. The van der Waals surface area contributed by atoms with Crippen molar-refractivity contribution in [3.63, 3.8) is 0 Å². The largest absolute Gasteiger partial charge is 0.378 e. The van der Waals surface area contributed by atoms with Crippen LogP contribution in [-0.2, 0) is 4.74 Å². The number of hydrogen-bond donors (Lipinski definition) is 1. The molecule has 0 unspecified atom stereocenters. The van der Waals surface area contributed by atoms with Gasteiger partial charge >= 0.3 is 0 Å². The number of nitrogens with zero attached hydrogens (tertiary/aromatic N) is 3. The molecule has 0 radical (unpaired) electrons. The van der Waals surface area contributed by atoms with Crippen molar-refractivity contribution in [2.75, 3.05) is 66.5 Å². The number of nitrogens with one attached hydrogen (secondary N) is 1. The molecule has 1 aliphatic heterocycles. The summed E-state index contributed by atoms with van der Waals surface area (Å²) in [6, 6.07) is 21.0. The average molecular weight is 501 g/mol. The van der Waals surface area contributed by atoms with Gasteiger partial charge in [-0.05, 0) is 80.9 Å². The first-order chi connectivity index (χ1) is 17.9. The van der Waals surface area contributed by atoms with E-state index in [1.807, 2.05) is 61.5 Å². The topological polar surface area (TPSA) is 65.1 Å². The van der Waals surface area contributed by atoms with Crippen molar-refractivity contribution in [3.05, 3.63) is 83.4 Å². The molecule has 7 nitrogen and oxygen atoms in total. The first-order valence-corrected chi connectivity index (χ1v) is 12.9. The highest BCUT2D eigenvalue weighted by atomic mass is 16.5. The number of ether oxygens (including phenoxy) is 1. The van der Waals surface area contributed by atoms with Crippen molar-refractivity contribution < 1.29 is 14.3 Å². The van der Waals surface area contributed by atoms with Gasteiger partial charge in [-0.1, -0.05) is 12.1 Å². The number of carbonyl (C=O) groups is 2. The van der Waals surface area contributed by atoms with Crippen molar-refractivity contribution in [1.29, 1.82) is 0 Å². The molecule has 0 atom stereocenters. The fraction of sp³-hybridized carbons (Fsp3) is 0.333. The number of benzene rings is 3. The van der Waals surface area contributed by atoms with Gasteiger partial charge < -0.3 is 24.8 Å². The van der Waals surface area contributed by atoms with Crippen LogP contribution in [0, 0.1) is 6.92 Å². The molecule has 0 spiro atoms. The van der Waals surface area contributed by atoms with Crippen molar-refractivity contribution >= 4 is 34.6 Å². The van der Waals surface area contributed by atoms with E-state index in [9.17, 15) is 9.59 Å². The second kappa shape index (κ2) is 11.9. The van der Waals surface area contributed by atoms with Crippen LogP contribution in [0.25, 0.3) is 0 Å². The Morgan fingerprint density at radius 3 is 2.27 bits per heavy atom. The molecule has 0 aliphatic carbocycles. The van der Waals surface area contributed by atoms with Crippen LogP contribution < -0.4 is 20.0 Å². The summed E-state index contributed by atoms with van der Waals surface area (Å²) in [4.78, 5) is 32.5. The van der Waals surface area contributed by atoms with E-state index < -0.39 is 0 Å². The van der Waals surface area contributed by atoms with Gasteiger partial charge in [-0.25, -0.2) is 0 Å². The van der Waals surface area contributed by atoms with Crippen LogP contribution in [0.2, 0.25) is 0 Å². The maximum atomic E-state index is 13.3. The predicted octanol–water partition coefficient (Wildman–Crippen LogP) is 5.21. The van der Waals surface area contributed by atoms with Crippen LogP contribution in [0.3, 0.4) is 0 Å². The summed E-state index contributed by atoms with van der Waals surface area (Å²) in [5, 5.41) is 3.01. The third-order valence-corrected chi connectivity index (χ3v) is 6.86. The Morgan fingerprint density at radius 1 is 0.919 bits per heavy atom. The summed E-state index contributed by atoms with van der Waals surface area (Å²) >= 11 is 0. The molecule has 0 bridgehead atoms. The number of rotatable bonds is 8. The Balaban J connectivity index is 1.49. The summed E-state index contributed by atoms with van der Waals surface area (Å²) in [5.41, 5.74) is 5.60. The van der Waals surface area contributed by atoms with E-state index >= 15 is 0 Å². The predicted molar refractivity (Wildman–Crippen MR) is 151 cm³/mol. The molecule has 0 aromatic heterocycles. The summed E-state index contributed by atoms with van der Waals surface area (Å²) in [7, 11) is 1.75. The fourth-order valence-electron chi connectivity index (χ4n) is 4.62. The van der Waals surface area contributed by atoms with E-state index in [0.717, 1.165) is 48.8 Å². The van der Waals surface area contributed by atoms with Crippen molar-refractivity contribution in [3.8, 4) is 0 Å². The Bertz CT molecular complexity index is 1230. The second-order valence-electron chi connectivity index (χ2n) is 9.19. The summed E-state index contributed by atoms with van der Waals surface area (Å²) in [5.74, 6) is -0.338. The standard InChI is InChI=1S/C30H36N4O3/c1-5-33(6-2)26-14-12-23(13-15-26)30(36)32(4)28-20-24(11-10-22(28)3)29(35)31-25-8-7-9-27(21-25)34-16-18-37-19-17-34/h7-15,20-21H,5-6,16-19H2,1-4H3,(H,31,35). The number of carbonyl (C=O) groups excluding carboxylic acids is 2. The molecule has 1 N–H and O–H groups in total. The minimum absolute atomic E-state index is 0.120. The lowest BCUT2D eigenvalue weighted by Gasteiger charge is -2.29. The van der Waals surface area contributed by atoms with Crippen molar-refractivity contribution in [1.82, 2.24) is 0 Å². The second-order valence-corrected chi connectivity index (χ2v) is 9.19. The normalized spacial score (nSPS) is 13.2. The zero-order valence-corrected chi connectivity index (χ0v) is 22.2.